The molecule has 0 radical (unpaired) electrons. The van der Waals surface area contributed by atoms with Crippen molar-refractivity contribution in [2.24, 2.45) is 11.0 Å². The maximum atomic E-state index is 5.87. The third-order valence-corrected chi connectivity index (χ3v) is 2.85. The van der Waals surface area contributed by atoms with E-state index in [9.17, 15) is 0 Å². The Labute approximate surface area is 101 Å². The first-order valence-corrected chi connectivity index (χ1v) is 5.92. The lowest BCUT2D eigenvalue weighted by Gasteiger charge is -2.11. The van der Waals surface area contributed by atoms with Gasteiger partial charge in [-0.3, -0.25) is 5.43 Å². The average molecular weight is 235 g/mol. The van der Waals surface area contributed by atoms with E-state index < -0.39 is 0 Å². The van der Waals surface area contributed by atoms with Crippen molar-refractivity contribution < 1.29 is 0 Å². The van der Waals surface area contributed by atoms with Gasteiger partial charge in [0.25, 0.3) is 0 Å². The van der Waals surface area contributed by atoms with Gasteiger partial charge in [0.2, 0.25) is 0 Å². The van der Waals surface area contributed by atoms with Crippen LogP contribution in [0.5, 0.6) is 0 Å². The molecular formula is C13H15ClN2. The zero-order valence-electron chi connectivity index (χ0n) is 9.07. The lowest BCUT2D eigenvalue weighted by atomic mass is 9.96. The van der Waals surface area contributed by atoms with E-state index in [2.05, 4.69) is 22.7 Å². The van der Waals surface area contributed by atoms with Crippen LogP contribution >= 0.6 is 11.6 Å². The molecule has 1 aliphatic carbocycles. The molecule has 1 unspecified atom stereocenters. The molecule has 0 amide bonds. The molecule has 2 rings (SSSR count). The minimum atomic E-state index is 0.566. The van der Waals surface area contributed by atoms with Gasteiger partial charge in [-0.15, -0.1) is 0 Å². The predicted octanol–water partition coefficient (Wildman–Crippen LogP) is 4.09. The Balaban J connectivity index is 1.86. The maximum absolute atomic E-state index is 5.87. The van der Waals surface area contributed by atoms with Crippen LogP contribution in [-0.4, -0.2) is 6.21 Å². The minimum Gasteiger partial charge on any atom is -0.279 e. The van der Waals surface area contributed by atoms with Crippen LogP contribution in [0.4, 0.5) is 5.69 Å². The SMILES string of the molecule is Clc1cccc(NN=CC2CC=CCC2)c1. The Morgan fingerprint density at radius 3 is 3.06 bits per heavy atom. The second kappa shape index (κ2) is 5.71. The van der Waals surface area contributed by atoms with Crippen molar-refractivity contribution >= 4 is 23.5 Å². The van der Waals surface area contributed by atoms with Crippen LogP contribution in [0.25, 0.3) is 0 Å². The number of hydrogen-bond donors (Lipinski definition) is 1. The van der Waals surface area contributed by atoms with E-state index in [1.165, 1.54) is 6.42 Å². The highest BCUT2D eigenvalue weighted by molar-refractivity contribution is 6.30. The van der Waals surface area contributed by atoms with Gasteiger partial charge in [-0.25, -0.2) is 0 Å². The zero-order chi connectivity index (χ0) is 11.2. The standard InChI is InChI=1S/C13H15ClN2/c14-12-7-4-8-13(9-12)16-15-10-11-5-2-1-3-6-11/h1-2,4,7-11,16H,3,5-6H2. The molecule has 0 spiro atoms. The summed E-state index contributed by atoms with van der Waals surface area (Å²) in [6.45, 7) is 0. The first-order valence-electron chi connectivity index (χ1n) is 5.54. The molecule has 0 saturated heterocycles. The Morgan fingerprint density at radius 2 is 2.31 bits per heavy atom. The molecule has 1 N–H and O–H groups in total. The summed E-state index contributed by atoms with van der Waals surface area (Å²) >= 11 is 5.87. The largest absolute Gasteiger partial charge is 0.279 e. The smallest absolute Gasteiger partial charge is 0.0576 e. The Morgan fingerprint density at radius 1 is 1.38 bits per heavy atom. The summed E-state index contributed by atoms with van der Waals surface area (Å²) in [5.74, 6) is 0.566. The summed E-state index contributed by atoms with van der Waals surface area (Å²) in [4.78, 5) is 0. The van der Waals surface area contributed by atoms with E-state index in [-0.39, 0.29) is 0 Å². The van der Waals surface area contributed by atoms with Crippen molar-refractivity contribution in [1.82, 2.24) is 0 Å². The van der Waals surface area contributed by atoms with E-state index >= 15 is 0 Å². The molecule has 0 bridgehead atoms. The van der Waals surface area contributed by atoms with Gasteiger partial charge >= 0.3 is 0 Å². The summed E-state index contributed by atoms with van der Waals surface area (Å²) in [5.41, 5.74) is 3.92. The molecule has 3 heteroatoms. The zero-order valence-corrected chi connectivity index (χ0v) is 9.82. The number of rotatable bonds is 3. The van der Waals surface area contributed by atoms with Crippen molar-refractivity contribution in [2.45, 2.75) is 19.3 Å². The van der Waals surface area contributed by atoms with E-state index in [1.54, 1.807) is 0 Å². The summed E-state index contributed by atoms with van der Waals surface area (Å²) < 4.78 is 0. The topological polar surface area (TPSA) is 24.4 Å². The molecule has 0 aromatic heterocycles. The van der Waals surface area contributed by atoms with Gasteiger partial charge in [0.1, 0.15) is 0 Å². The van der Waals surface area contributed by atoms with E-state index in [4.69, 9.17) is 11.6 Å². The van der Waals surface area contributed by atoms with Gasteiger partial charge in [-0.05, 0) is 43.4 Å². The highest BCUT2D eigenvalue weighted by Gasteiger charge is 2.05. The summed E-state index contributed by atoms with van der Waals surface area (Å²) in [5, 5.41) is 4.96. The van der Waals surface area contributed by atoms with Gasteiger partial charge in [0, 0.05) is 11.2 Å². The third-order valence-electron chi connectivity index (χ3n) is 2.61. The number of nitrogens with zero attached hydrogens (tertiary/aromatic N) is 1. The van der Waals surface area contributed by atoms with Gasteiger partial charge in [0.05, 0.1) is 5.69 Å². The highest BCUT2D eigenvalue weighted by Crippen LogP contribution is 2.17. The van der Waals surface area contributed by atoms with Crippen LogP contribution in [-0.2, 0) is 0 Å². The van der Waals surface area contributed by atoms with E-state index in [1.807, 2.05) is 30.5 Å². The number of benzene rings is 1. The van der Waals surface area contributed by atoms with Crippen LogP contribution in [0.2, 0.25) is 5.02 Å². The molecule has 16 heavy (non-hydrogen) atoms. The molecule has 0 heterocycles. The third kappa shape index (κ3) is 3.38. The second-order valence-electron chi connectivity index (χ2n) is 3.94. The van der Waals surface area contributed by atoms with E-state index in [0.717, 1.165) is 23.6 Å². The van der Waals surface area contributed by atoms with Crippen molar-refractivity contribution in [1.29, 1.82) is 0 Å². The molecule has 1 aromatic rings. The Hall–Kier alpha value is -1.28. The van der Waals surface area contributed by atoms with Crippen LogP contribution in [0.1, 0.15) is 19.3 Å². The Bertz CT molecular complexity index is 399. The fourth-order valence-corrected chi connectivity index (χ4v) is 1.92. The molecule has 1 atom stereocenters. The summed E-state index contributed by atoms with van der Waals surface area (Å²) in [6.07, 6.45) is 9.89. The van der Waals surface area contributed by atoms with Gasteiger partial charge in [-0.1, -0.05) is 29.8 Å². The van der Waals surface area contributed by atoms with Crippen LogP contribution in [0, 0.1) is 5.92 Å². The maximum Gasteiger partial charge on any atom is 0.0576 e. The molecule has 1 aromatic carbocycles. The average Bonchev–Trinajstić information content (AvgIpc) is 2.30. The van der Waals surface area contributed by atoms with Crippen LogP contribution < -0.4 is 5.43 Å². The van der Waals surface area contributed by atoms with Gasteiger partial charge in [0.15, 0.2) is 0 Å². The minimum absolute atomic E-state index is 0.566. The van der Waals surface area contributed by atoms with E-state index in [0.29, 0.717) is 5.92 Å². The summed E-state index contributed by atoms with van der Waals surface area (Å²) in [6, 6.07) is 7.57. The monoisotopic (exact) mass is 234 g/mol. The van der Waals surface area contributed by atoms with Crippen molar-refractivity contribution in [3.8, 4) is 0 Å². The molecule has 0 fully saturated rings. The first-order chi connectivity index (χ1) is 7.84. The Kier molecular flexibility index (Phi) is 4.00. The highest BCUT2D eigenvalue weighted by atomic mass is 35.5. The molecular weight excluding hydrogens is 220 g/mol. The van der Waals surface area contributed by atoms with Crippen molar-refractivity contribution in [2.75, 3.05) is 5.43 Å². The molecule has 2 nitrogen and oxygen atoms in total. The number of halogens is 1. The number of allylic oxidation sites excluding steroid dienone is 2. The number of hydrazone groups is 1. The molecule has 1 aliphatic rings. The quantitative estimate of drug-likeness (QED) is 0.475. The normalized spacial score (nSPS) is 20.2. The van der Waals surface area contributed by atoms with Crippen LogP contribution in [0.3, 0.4) is 0 Å². The predicted molar refractivity (Wildman–Crippen MR) is 70.0 cm³/mol. The number of nitrogens with one attached hydrogen (secondary N) is 1. The van der Waals surface area contributed by atoms with Crippen LogP contribution in [0.15, 0.2) is 41.5 Å². The summed E-state index contributed by atoms with van der Waals surface area (Å²) in [7, 11) is 0. The fraction of sp³-hybridized carbons (Fsp3) is 0.308. The first kappa shape index (κ1) is 11.2. The molecule has 84 valence electrons. The molecule has 0 saturated carbocycles. The number of anilines is 1. The van der Waals surface area contributed by atoms with Crippen molar-refractivity contribution in [3.63, 3.8) is 0 Å². The van der Waals surface area contributed by atoms with Gasteiger partial charge < -0.3 is 0 Å². The molecule has 0 aliphatic heterocycles. The lowest BCUT2D eigenvalue weighted by Crippen LogP contribution is -2.05. The lowest BCUT2D eigenvalue weighted by molar-refractivity contribution is 0.627. The fourth-order valence-electron chi connectivity index (χ4n) is 1.73. The number of hydrogen-bond acceptors (Lipinski definition) is 2. The second-order valence-corrected chi connectivity index (χ2v) is 4.38. The van der Waals surface area contributed by atoms with Gasteiger partial charge in [-0.2, -0.15) is 5.10 Å². The van der Waals surface area contributed by atoms with Crippen molar-refractivity contribution in [3.05, 3.63) is 41.4 Å².